The molecule has 0 saturated carbocycles. The number of nitrogens with zero attached hydrogens (tertiary/aromatic N) is 1. The van der Waals surface area contributed by atoms with Gasteiger partial charge >= 0.3 is 0 Å². The third kappa shape index (κ3) is 8.33. The highest BCUT2D eigenvalue weighted by molar-refractivity contribution is 14.0. The Labute approximate surface area is 175 Å². The fraction of sp³-hybridized carbons (Fsp3) is 0.389. The monoisotopic (exact) mass is 491 g/mol. The predicted octanol–water partition coefficient (Wildman–Crippen LogP) is 4.25. The fourth-order valence-electron chi connectivity index (χ4n) is 2.10. The molecule has 0 fully saturated rings. The van der Waals surface area contributed by atoms with Crippen molar-refractivity contribution < 1.29 is 4.74 Å². The van der Waals surface area contributed by atoms with Crippen LogP contribution in [0.25, 0.3) is 0 Å². The summed E-state index contributed by atoms with van der Waals surface area (Å²) in [5.74, 6) is 2.87. The van der Waals surface area contributed by atoms with Crippen molar-refractivity contribution in [1.82, 2.24) is 5.32 Å². The van der Waals surface area contributed by atoms with Crippen LogP contribution in [0, 0.1) is 5.92 Å². The van der Waals surface area contributed by atoms with Crippen molar-refractivity contribution in [3.63, 3.8) is 0 Å². The van der Waals surface area contributed by atoms with Gasteiger partial charge in [0.15, 0.2) is 5.96 Å². The van der Waals surface area contributed by atoms with E-state index >= 15 is 0 Å². The summed E-state index contributed by atoms with van der Waals surface area (Å²) in [5.41, 5.74) is 5.93. The second kappa shape index (κ2) is 12.4. The van der Waals surface area contributed by atoms with E-state index in [2.05, 4.69) is 40.8 Å². The van der Waals surface area contributed by atoms with Gasteiger partial charge < -0.3 is 15.8 Å². The minimum atomic E-state index is 0. The topological polar surface area (TPSA) is 59.6 Å². The highest BCUT2D eigenvalue weighted by Gasteiger charge is 2.06. The summed E-state index contributed by atoms with van der Waals surface area (Å²) in [6.07, 6.45) is 0.979. The number of thiophene rings is 1. The average Bonchev–Trinajstić information content (AvgIpc) is 3.11. The largest absolute Gasteiger partial charge is 0.496 e. The number of hydrogen-bond acceptors (Lipinski definition) is 4. The van der Waals surface area contributed by atoms with Gasteiger partial charge in [0.2, 0.25) is 0 Å². The third-order valence-electron chi connectivity index (χ3n) is 3.42. The molecule has 2 rings (SSSR count). The highest BCUT2D eigenvalue weighted by Crippen LogP contribution is 2.29. The number of hydrogen-bond donors (Lipinski definition) is 2. The molecule has 0 radical (unpaired) electrons. The summed E-state index contributed by atoms with van der Waals surface area (Å²) < 4.78 is 5.37. The van der Waals surface area contributed by atoms with E-state index in [0.717, 1.165) is 35.9 Å². The zero-order chi connectivity index (χ0) is 17.2. The SMILES string of the molecule is COc1ccccc1SCC(C)CN=C(N)NCCc1cccs1.I. The Bertz CT molecular complexity index is 635. The maximum atomic E-state index is 5.93. The molecule has 0 aliphatic carbocycles. The first-order valence-corrected chi connectivity index (χ1v) is 9.87. The Kier molecular flexibility index (Phi) is 11.0. The smallest absolute Gasteiger partial charge is 0.188 e. The maximum absolute atomic E-state index is 5.93. The Balaban J connectivity index is 0.00000312. The van der Waals surface area contributed by atoms with Gasteiger partial charge in [-0.05, 0) is 35.9 Å². The summed E-state index contributed by atoms with van der Waals surface area (Å²) in [7, 11) is 1.70. The fourth-order valence-corrected chi connectivity index (χ4v) is 3.85. The normalized spacial score (nSPS) is 12.3. The van der Waals surface area contributed by atoms with E-state index in [1.165, 1.54) is 4.88 Å². The summed E-state index contributed by atoms with van der Waals surface area (Å²) in [5, 5.41) is 5.27. The van der Waals surface area contributed by atoms with E-state index in [1.807, 2.05) is 18.2 Å². The van der Waals surface area contributed by atoms with Crippen LogP contribution in [0.2, 0.25) is 0 Å². The molecule has 7 heteroatoms. The zero-order valence-corrected chi connectivity index (χ0v) is 18.6. The molecule has 1 atom stereocenters. The standard InChI is InChI=1S/C18H25N3OS2.HI/c1-14(13-24-17-8-4-3-7-16(17)22-2)12-21-18(19)20-10-9-15-6-5-11-23-15;/h3-8,11,14H,9-10,12-13H2,1-2H3,(H3,19,20,21);1H. The number of methoxy groups -OCH3 is 1. The number of thioether (sulfide) groups is 1. The van der Waals surface area contributed by atoms with E-state index in [-0.39, 0.29) is 24.0 Å². The van der Waals surface area contributed by atoms with E-state index < -0.39 is 0 Å². The number of para-hydroxylation sites is 1. The van der Waals surface area contributed by atoms with Crippen LogP contribution in [0.1, 0.15) is 11.8 Å². The number of guanidine groups is 1. The molecule has 0 spiro atoms. The van der Waals surface area contributed by atoms with Gasteiger partial charge in [-0.3, -0.25) is 4.99 Å². The van der Waals surface area contributed by atoms with Gasteiger partial charge in [-0.1, -0.05) is 25.1 Å². The van der Waals surface area contributed by atoms with Gasteiger partial charge in [0.1, 0.15) is 5.75 Å². The molecule has 138 valence electrons. The lowest BCUT2D eigenvalue weighted by Gasteiger charge is -2.11. The third-order valence-corrected chi connectivity index (χ3v) is 5.74. The van der Waals surface area contributed by atoms with E-state index in [0.29, 0.717) is 11.9 Å². The van der Waals surface area contributed by atoms with Crippen molar-refractivity contribution in [3.05, 3.63) is 46.7 Å². The second-order valence-corrected chi connectivity index (χ2v) is 7.64. The van der Waals surface area contributed by atoms with Gasteiger partial charge in [0, 0.05) is 28.6 Å². The number of ether oxygens (including phenoxy) is 1. The van der Waals surface area contributed by atoms with Crippen LogP contribution < -0.4 is 15.8 Å². The summed E-state index contributed by atoms with van der Waals surface area (Å²) in [4.78, 5) is 6.96. The predicted molar refractivity (Wildman–Crippen MR) is 121 cm³/mol. The second-order valence-electron chi connectivity index (χ2n) is 5.55. The number of aliphatic imine (C=N–C) groups is 1. The van der Waals surface area contributed by atoms with Crippen molar-refractivity contribution in [2.75, 3.05) is 26.0 Å². The van der Waals surface area contributed by atoms with Gasteiger partial charge in [-0.25, -0.2) is 0 Å². The zero-order valence-electron chi connectivity index (χ0n) is 14.6. The van der Waals surface area contributed by atoms with E-state index in [9.17, 15) is 0 Å². The van der Waals surface area contributed by atoms with Crippen LogP contribution in [0.15, 0.2) is 51.7 Å². The van der Waals surface area contributed by atoms with E-state index in [4.69, 9.17) is 10.5 Å². The molecule has 0 bridgehead atoms. The number of rotatable bonds is 9. The van der Waals surface area contributed by atoms with Crippen LogP contribution in [0.3, 0.4) is 0 Å². The first-order valence-electron chi connectivity index (χ1n) is 8.01. The summed E-state index contributed by atoms with van der Waals surface area (Å²) >= 11 is 3.56. The number of nitrogens with one attached hydrogen (secondary N) is 1. The average molecular weight is 491 g/mol. The molecule has 1 unspecified atom stereocenters. The summed E-state index contributed by atoms with van der Waals surface area (Å²) in [6, 6.07) is 12.3. The van der Waals surface area contributed by atoms with E-state index in [1.54, 1.807) is 30.2 Å². The highest BCUT2D eigenvalue weighted by atomic mass is 127. The molecule has 1 aromatic heterocycles. The molecular formula is C18H26IN3OS2. The molecule has 25 heavy (non-hydrogen) atoms. The Morgan fingerprint density at radius 2 is 2.12 bits per heavy atom. The van der Waals surface area contributed by atoms with Crippen molar-refractivity contribution in [3.8, 4) is 5.75 Å². The van der Waals surface area contributed by atoms with Gasteiger partial charge in [0.25, 0.3) is 0 Å². The molecule has 2 aromatic rings. The lowest BCUT2D eigenvalue weighted by atomic mass is 10.2. The molecule has 3 N–H and O–H groups in total. The van der Waals surface area contributed by atoms with Crippen molar-refractivity contribution in [1.29, 1.82) is 0 Å². The minimum Gasteiger partial charge on any atom is -0.496 e. The van der Waals surface area contributed by atoms with Crippen LogP contribution in [-0.2, 0) is 6.42 Å². The maximum Gasteiger partial charge on any atom is 0.188 e. The quantitative estimate of drug-likeness (QED) is 0.238. The Morgan fingerprint density at radius 1 is 1.32 bits per heavy atom. The number of benzene rings is 1. The molecule has 1 aromatic carbocycles. The molecule has 4 nitrogen and oxygen atoms in total. The Hall–Kier alpha value is -0.930. The van der Waals surface area contributed by atoms with Crippen molar-refractivity contribution in [2.45, 2.75) is 18.2 Å². The van der Waals surface area contributed by atoms with Crippen LogP contribution in [0.4, 0.5) is 0 Å². The summed E-state index contributed by atoms with van der Waals surface area (Å²) in [6.45, 7) is 3.73. The lowest BCUT2D eigenvalue weighted by molar-refractivity contribution is 0.405. The van der Waals surface area contributed by atoms with Gasteiger partial charge in [0.05, 0.1) is 7.11 Å². The van der Waals surface area contributed by atoms with Crippen LogP contribution >= 0.6 is 47.1 Å². The molecular weight excluding hydrogens is 465 g/mol. The van der Waals surface area contributed by atoms with Crippen LogP contribution in [0.5, 0.6) is 5.75 Å². The number of nitrogens with two attached hydrogens (primary N) is 1. The first-order chi connectivity index (χ1) is 11.7. The van der Waals surface area contributed by atoms with Gasteiger partial charge in [-0.15, -0.1) is 47.1 Å². The number of halogens is 1. The molecule has 1 heterocycles. The van der Waals surface area contributed by atoms with Crippen molar-refractivity contribution >= 4 is 53.0 Å². The van der Waals surface area contributed by atoms with Crippen molar-refractivity contribution in [2.24, 2.45) is 16.6 Å². The minimum absolute atomic E-state index is 0. The first kappa shape index (κ1) is 22.1. The Morgan fingerprint density at radius 3 is 2.84 bits per heavy atom. The molecule has 0 amide bonds. The lowest BCUT2D eigenvalue weighted by Crippen LogP contribution is -2.33. The van der Waals surface area contributed by atoms with Gasteiger partial charge in [-0.2, -0.15) is 0 Å². The molecule has 0 aliphatic rings. The molecule has 0 saturated heterocycles. The van der Waals surface area contributed by atoms with Crippen LogP contribution in [-0.4, -0.2) is 31.9 Å². The molecule has 0 aliphatic heterocycles.